The summed E-state index contributed by atoms with van der Waals surface area (Å²) < 4.78 is 11.4. The third kappa shape index (κ3) is 3.45. The first-order chi connectivity index (χ1) is 13.2. The molecule has 1 saturated heterocycles. The molecule has 2 aliphatic heterocycles. The molecule has 0 aromatic heterocycles. The highest BCUT2D eigenvalue weighted by atomic mass is 16.5. The van der Waals surface area contributed by atoms with Gasteiger partial charge in [-0.3, -0.25) is 9.79 Å². The predicted octanol–water partition coefficient (Wildman–Crippen LogP) is 4.15. The molecule has 0 radical (unpaired) electrons. The van der Waals surface area contributed by atoms with Gasteiger partial charge in [0, 0.05) is 31.3 Å². The Kier molecular flexibility index (Phi) is 4.67. The van der Waals surface area contributed by atoms with Gasteiger partial charge >= 0.3 is 0 Å². The van der Waals surface area contributed by atoms with E-state index in [2.05, 4.69) is 11.6 Å². The molecule has 0 bridgehead atoms. The lowest BCUT2D eigenvalue weighted by molar-refractivity contribution is 0.0743. The minimum atomic E-state index is -0.0293. The summed E-state index contributed by atoms with van der Waals surface area (Å²) in [5, 5.41) is 0. The molecule has 2 aromatic rings. The van der Waals surface area contributed by atoms with Gasteiger partial charge in [-0.05, 0) is 18.1 Å². The van der Waals surface area contributed by atoms with Gasteiger partial charge in [-0.15, -0.1) is 0 Å². The van der Waals surface area contributed by atoms with Crippen molar-refractivity contribution in [2.45, 2.75) is 25.5 Å². The molecule has 1 fully saturated rings. The number of benzene rings is 2. The molecular formula is C22H22N2O3. The molecule has 1 atom stereocenters. The zero-order valence-corrected chi connectivity index (χ0v) is 15.4. The molecule has 138 valence electrons. The minimum absolute atomic E-state index is 0.0293. The molecule has 1 unspecified atom stereocenters. The second-order valence-electron chi connectivity index (χ2n) is 6.88. The fourth-order valence-electron chi connectivity index (χ4n) is 3.59. The molecule has 5 nitrogen and oxygen atoms in total. The molecule has 0 saturated carbocycles. The number of nitrogens with zero attached hydrogens (tertiary/aromatic N) is 2. The van der Waals surface area contributed by atoms with Gasteiger partial charge < -0.3 is 14.4 Å². The standard InChI is InChI=1S/C22H22N2O3/c1-15-10-17-8-9-23-19-12-21(27-14-16-6-4-3-5-7-16)20(26-2)11-18(19)22(25)24(17)13-15/h3-7,9,11-12,17H,1,8,10,13-14H2,2H3. The van der Waals surface area contributed by atoms with E-state index in [1.54, 1.807) is 19.2 Å². The highest BCUT2D eigenvalue weighted by Gasteiger charge is 2.33. The van der Waals surface area contributed by atoms with Crippen molar-refractivity contribution in [1.29, 1.82) is 0 Å². The third-order valence-corrected chi connectivity index (χ3v) is 4.98. The number of aliphatic imine (C=N–C) groups is 1. The number of hydrogen-bond donors (Lipinski definition) is 0. The number of fused-ring (bicyclic) bond motifs is 2. The van der Waals surface area contributed by atoms with Crippen molar-refractivity contribution >= 4 is 17.8 Å². The van der Waals surface area contributed by atoms with Gasteiger partial charge in [0.15, 0.2) is 11.5 Å². The van der Waals surface area contributed by atoms with Crippen molar-refractivity contribution in [3.8, 4) is 11.5 Å². The summed E-state index contributed by atoms with van der Waals surface area (Å²) in [7, 11) is 1.58. The van der Waals surface area contributed by atoms with E-state index in [4.69, 9.17) is 9.47 Å². The summed E-state index contributed by atoms with van der Waals surface area (Å²) in [4.78, 5) is 19.5. The van der Waals surface area contributed by atoms with Crippen LogP contribution in [0.15, 0.2) is 59.6 Å². The maximum atomic E-state index is 13.1. The van der Waals surface area contributed by atoms with Crippen LogP contribution in [-0.2, 0) is 6.61 Å². The maximum absolute atomic E-state index is 13.1. The third-order valence-electron chi connectivity index (χ3n) is 4.98. The zero-order chi connectivity index (χ0) is 18.8. The summed E-state index contributed by atoms with van der Waals surface area (Å²) in [5.74, 6) is 1.08. The molecule has 2 heterocycles. The van der Waals surface area contributed by atoms with Gasteiger partial charge in [-0.25, -0.2) is 0 Å². The lowest BCUT2D eigenvalue weighted by Gasteiger charge is -2.26. The lowest BCUT2D eigenvalue weighted by Crippen LogP contribution is -2.36. The number of rotatable bonds is 4. The Morgan fingerprint density at radius 3 is 2.81 bits per heavy atom. The average Bonchev–Trinajstić information content (AvgIpc) is 3.05. The van der Waals surface area contributed by atoms with Gasteiger partial charge in [0.05, 0.1) is 18.4 Å². The van der Waals surface area contributed by atoms with Crippen LogP contribution in [-0.4, -0.2) is 36.7 Å². The van der Waals surface area contributed by atoms with Crippen molar-refractivity contribution in [2.24, 2.45) is 4.99 Å². The van der Waals surface area contributed by atoms with Crippen LogP contribution in [0.2, 0.25) is 0 Å². The summed E-state index contributed by atoms with van der Waals surface area (Å²) in [6.07, 6.45) is 3.45. The van der Waals surface area contributed by atoms with Crippen molar-refractivity contribution in [3.05, 3.63) is 65.7 Å². The molecule has 4 rings (SSSR count). The van der Waals surface area contributed by atoms with E-state index in [1.165, 1.54) is 0 Å². The van der Waals surface area contributed by atoms with E-state index in [0.717, 1.165) is 24.0 Å². The molecule has 27 heavy (non-hydrogen) atoms. The number of methoxy groups -OCH3 is 1. The second-order valence-corrected chi connectivity index (χ2v) is 6.88. The second kappa shape index (κ2) is 7.27. The molecular weight excluding hydrogens is 340 g/mol. The number of ether oxygens (including phenoxy) is 2. The maximum Gasteiger partial charge on any atom is 0.256 e. The van der Waals surface area contributed by atoms with Gasteiger partial charge in [-0.1, -0.05) is 42.5 Å². The monoisotopic (exact) mass is 362 g/mol. The van der Waals surface area contributed by atoms with Crippen LogP contribution in [0.1, 0.15) is 28.8 Å². The molecule has 0 aliphatic carbocycles. The molecule has 5 heteroatoms. The highest BCUT2D eigenvalue weighted by molar-refractivity contribution is 6.01. The van der Waals surface area contributed by atoms with E-state index in [1.807, 2.05) is 41.4 Å². The van der Waals surface area contributed by atoms with Crippen LogP contribution in [0.3, 0.4) is 0 Å². The Morgan fingerprint density at radius 2 is 2.04 bits per heavy atom. The van der Waals surface area contributed by atoms with Crippen LogP contribution < -0.4 is 9.47 Å². The van der Waals surface area contributed by atoms with Gasteiger partial charge in [0.25, 0.3) is 5.91 Å². The molecule has 1 amide bonds. The van der Waals surface area contributed by atoms with Crippen molar-refractivity contribution in [2.75, 3.05) is 13.7 Å². The van der Waals surface area contributed by atoms with Crippen LogP contribution in [0.5, 0.6) is 11.5 Å². The Bertz CT molecular complexity index is 905. The summed E-state index contributed by atoms with van der Waals surface area (Å²) in [6, 6.07) is 13.6. The Morgan fingerprint density at radius 1 is 1.22 bits per heavy atom. The van der Waals surface area contributed by atoms with Gasteiger partial charge in [0.2, 0.25) is 0 Å². The van der Waals surface area contributed by atoms with E-state index >= 15 is 0 Å². The fourth-order valence-corrected chi connectivity index (χ4v) is 3.59. The first-order valence-corrected chi connectivity index (χ1v) is 9.04. The predicted molar refractivity (Wildman–Crippen MR) is 105 cm³/mol. The van der Waals surface area contributed by atoms with Gasteiger partial charge in [-0.2, -0.15) is 0 Å². The Balaban J connectivity index is 1.66. The average molecular weight is 362 g/mol. The Hall–Kier alpha value is -3.08. The lowest BCUT2D eigenvalue weighted by atomic mass is 10.1. The van der Waals surface area contributed by atoms with E-state index in [-0.39, 0.29) is 11.9 Å². The molecule has 0 N–H and O–H groups in total. The first kappa shape index (κ1) is 17.3. The summed E-state index contributed by atoms with van der Waals surface area (Å²) >= 11 is 0. The quantitative estimate of drug-likeness (QED) is 0.768. The molecule has 2 aromatic carbocycles. The van der Waals surface area contributed by atoms with Crippen molar-refractivity contribution in [3.63, 3.8) is 0 Å². The van der Waals surface area contributed by atoms with Crippen molar-refractivity contribution in [1.82, 2.24) is 4.90 Å². The van der Waals surface area contributed by atoms with Crippen LogP contribution in [0.25, 0.3) is 0 Å². The topological polar surface area (TPSA) is 51.1 Å². The fraction of sp³-hybridized carbons (Fsp3) is 0.273. The molecule has 0 spiro atoms. The smallest absolute Gasteiger partial charge is 0.256 e. The molecule has 2 aliphatic rings. The van der Waals surface area contributed by atoms with E-state index in [9.17, 15) is 4.79 Å². The summed E-state index contributed by atoms with van der Waals surface area (Å²) in [5.41, 5.74) is 3.29. The first-order valence-electron chi connectivity index (χ1n) is 9.04. The highest BCUT2D eigenvalue weighted by Crippen LogP contribution is 2.38. The van der Waals surface area contributed by atoms with Crippen LogP contribution >= 0.6 is 0 Å². The number of carbonyl (C=O) groups excluding carboxylic acids is 1. The SMILES string of the molecule is C=C1CC2CC=Nc3cc(OCc4ccccc4)c(OC)cc3C(=O)N2C1. The van der Waals surface area contributed by atoms with E-state index < -0.39 is 0 Å². The van der Waals surface area contributed by atoms with E-state index in [0.29, 0.717) is 35.9 Å². The number of carbonyl (C=O) groups is 1. The Labute approximate surface area is 158 Å². The van der Waals surface area contributed by atoms with Gasteiger partial charge in [0.1, 0.15) is 6.61 Å². The number of hydrogen-bond acceptors (Lipinski definition) is 4. The zero-order valence-electron chi connectivity index (χ0n) is 15.4. The largest absolute Gasteiger partial charge is 0.493 e. The minimum Gasteiger partial charge on any atom is -0.493 e. The van der Waals surface area contributed by atoms with Crippen LogP contribution in [0, 0.1) is 0 Å². The van der Waals surface area contributed by atoms with Crippen LogP contribution in [0.4, 0.5) is 5.69 Å². The van der Waals surface area contributed by atoms with Crippen molar-refractivity contribution < 1.29 is 14.3 Å². The normalized spacial score (nSPS) is 18.6. The summed E-state index contributed by atoms with van der Waals surface area (Å²) in [6.45, 7) is 5.07. The number of amides is 1.